The van der Waals surface area contributed by atoms with Crippen LogP contribution in [0.15, 0.2) is 234 Å². The Balaban J connectivity index is 0.000000150. The van der Waals surface area contributed by atoms with E-state index in [2.05, 4.69) is 188 Å². The van der Waals surface area contributed by atoms with Gasteiger partial charge in [0.2, 0.25) is 10.0 Å². The Hall–Kier alpha value is -11.7. The number of amides is 6. The van der Waals surface area contributed by atoms with Gasteiger partial charge < -0.3 is 60.8 Å². The number of halogens is 1. The molecule has 724 valence electrons. The Labute approximate surface area is 838 Å². The third-order valence-electron chi connectivity index (χ3n) is 24.3. The maximum atomic E-state index is 13.1. The van der Waals surface area contributed by atoms with Crippen molar-refractivity contribution < 1.29 is 77.0 Å². The van der Waals surface area contributed by atoms with Gasteiger partial charge in [0, 0.05) is 164 Å². The number of hydrogen-bond donors (Lipinski definition) is 2. The number of benzene rings is 6. The van der Waals surface area contributed by atoms with Gasteiger partial charge in [-0.05, 0) is 299 Å². The summed E-state index contributed by atoms with van der Waals surface area (Å²) in [5.41, 5.74) is 22.4. The number of nitrogens with zero attached hydrogens (tertiary/aromatic N) is 13. The van der Waals surface area contributed by atoms with Crippen LogP contribution in [0.25, 0.3) is 45.0 Å². The Morgan fingerprint density at radius 1 is 0.471 bits per heavy atom. The van der Waals surface area contributed by atoms with Crippen LogP contribution in [0.2, 0.25) is 0 Å². The number of rotatable bonds is 7. The fraction of sp³-hybridized carbons (Fsp3) is 0.358. The van der Waals surface area contributed by atoms with Gasteiger partial charge in [-0.15, -0.1) is 0 Å². The Kier molecular flexibility index (Phi) is 34.7. The fourth-order valence-corrected chi connectivity index (χ4v) is 18.8. The molecule has 138 heavy (non-hydrogen) atoms. The number of anilines is 1. The van der Waals surface area contributed by atoms with E-state index in [4.69, 9.17) is 28.7 Å². The number of carbonyl (C=O) groups excluding carboxylic acids is 5. The summed E-state index contributed by atoms with van der Waals surface area (Å²) in [6.45, 7) is 35.1. The second-order valence-electron chi connectivity index (χ2n) is 38.6. The quantitative estimate of drug-likeness (QED) is 0.0851. The van der Waals surface area contributed by atoms with E-state index in [0.29, 0.717) is 63.2 Å². The second-order valence-corrected chi connectivity index (χ2v) is 42.2. The van der Waals surface area contributed by atoms with Gasteiger partial charge in [-0.2, -0.15) is 0 Å². The normalized spacial score (nSPS) is 15.4. The van der Waals surface area contributed by atoms with Crippen LogP contribution >= 0.6 is 27.3 Å². The largest absolute Gasteiger partial charge is 0.494 e. The fourth-order valence-electron chi connectivity index (χ4n) is 16.5. The Bertz CT molecular complexity index is 6350. The molecule has 6 aromatic heterocycles. The van der Waals surface area contributed by atoms with Crippen LogP contribution in [0.1, 0.15) is 162 Å². The van der Waals surface area contributed by atoms with Crippen molar-refractivity contribution in [2.45, 2.75) is 207 Å². The number of urea groups is 1. The Morgan fingerprint density at radius 3 is 1.20 bits per heavy atom. The predicted octanol–water partition coefficient (Wildman–Crippen LogP) is 19.7. The van der Waals surface area contributed by atoms with E-state index < -0.39 is 26.8 Å². The number of carbonyl (C=O) groups is 5. The first kappa shape index (κ1) is 105. The zero-order valence-corrected chi connectivity index (χ0v) is 87.7. The summed E-state index contributed by atoms with van der Waals surface area (Å²) in [6.07, 6.45) is 16.6. The number of ether oxygens (including phenoxy) is 3. The molecular weight excluding hydrogens is 2010 g/mol. The summed E-state index contributed by atoms with van der Waals surface area (Å²) < 4.78 is 54.6. The van der Waals surface area contributed by atoms with Crippen LogP contribution in [0.5, 0.6) is 0 Å². The molecule has 19 rings (SSSR count). The smallest absolute Gasteiger partial charge is 0.444 e. The van der Waals surface area contributed by atoms with Crippen molar-refractivity contribution in [2.24, 2.45) is 5.14 Å². The van der Waals surface area contributed by atoms with Gasteiger partial charge in [0.15, 0.2) is 9.34 Å². The average Bonchev–Trinajstić information content (AvgIpc) is 1.62. The van der Waals surface area contributed by atoms with E-state index in [0.717, 1.165) is 137 Å². The molecule has 0 spiro atoms. The van der Waals surface area contributed by atoms with Crippen LogP contribution in [-0.4, -0.2) is 179 Å². The van der Waals surface area contributed by atoms with Gasteiger partial charge in [0.25, 0.3) is 0 Å². The number of primary sulfonamides is 1. The van der Waals surface area contributed by atoms with Crippen molar-refractivity contribution in [2.75, 3.05) is 51.2 Å². The molecule has 0 atom stereocenters. The number of sulfonamides is 1. The van der Waals surface area contributed by atoms with Gasteiger partial charge >= 0.3 is 37.5 Å². The molecule has 12 aromatic rings. The number of pyridine rings is 4. The molecule has 27 nitrogen and oxygen atoms in total. The SMILES string of the molecule is CC(C)(C)OC(=O)N1CCc2ccc(-c3ccccn3)cc2C1.CC(C)(C)OC(=O)N1CCc2ccc(B3OC(C)(C)C(C)(C)O3)cc2C1.CC(C)(C)OC(=O)N1CCc2ccc(Br)cc2C1.Cc1nc(N(C)C(=O)N2CCc3ccc(-c4ccccn4)cc3C2)sc1S(N)(=O)=O.O=C(N1CCc2ccc(-c3ccccn3)cc2C1)n1ccnc1.[CH3-].[W].c1ccc(-c2ccc3c(c2)CNCC3)nc1. The number of hydrogen-bond acceptors (Lipinski definition) is 20. The van der Waals surface area contributed by atoms with Crippen LogP contribution < -0.4 is 20.8 Å². The summed E-state index contributed by atoms with van der Waals surface area (Å²) in [5.74, 6) is 0. The van der Waals surface area contributed by atoms with Crippen molar-refractivity contribution in [1.29, 1.82) is 0 Å². The molecule has 6 amide bonds. The van der Waals surface area contributed by atoms with E-state index in [1.54, 1.807) is 70.9 Å². The molecule has 6 aromatic carbocycles. The maximum Gasteiger partial charge on any atom is 0.494 e. The molecule has 1 fully saturated rings. The summed E-state index contributed by atoms with van der Waals surface area (Å²) >= 11 is 4.36. The van der Waals surface area contributed by atoms with Crippen LogP contribution in [0.4, 0.5) is 29.1 Å². The van der Waals surface area contributed by atoms with Gasteiger partial charge in [0.1, 0.15) is 23.1 Å². The summed E-state index contributed by atoms with van der Waals surface area (Å²) in [4.78, 5) is 98.2. The third-order valence-corrected chi connectivity index (χ3v) is 27.6. The molecule has 3 N–H and O–H groups in total. The molecule has 7 aliphatic heterocycles. The minimum Gasteiger partial charge on any atom is -0.444 e. The van der Waals surface area contributed by atoms with Gasteiger partial charge in [-0.1, -0.05) is 124 Å². The number of nitrogens with two attached hydrogens (primary N) is 1. The monoisotopic (exact) mass is 2140 g/mol. The number of aryl methyl sites for hydroxylation is 1. The number of fused-ring (bicyclic) bond motifs is 6. The molecule has 7 aliphatic rings. The van der Waals surface area contributed by atoms with E-state index >= 15 is 0 Å². The Morgan fingerprint density at radius 2 is 0.826 bits per heavy atom. The second kappa shape index (κ2) is 45.5. The minimum atomic E-state index is -3.87. The molecule has 1 saturated heterocycles. The van der Waals surface area contributed by atoms with Gasteiger partial charge in [-0.3, -0.25) is 29.4 Å². The van der Waals surface area contributed by atoms with Crippen LogP contribution in [0, 0.1) is 14.4 Å². The molecular formula is C106H124BBrN15O12S2W-. The molecule has 13 heterocycles. The zero-order chi connectivity index (χ0) is 97.0. The average molecular weight is 2140 g/mol. The first-order valence-electron chi connectivity index (χ1n) is 46.0. The topological polar surface area (TPSA) is 305 Å². The first-order valence-corrected chi connectivity index (χ1v) is 49.1. The summed E-state index contributed by atoms with van der Waals surface area (Å²) in [6, 6.07) is 61.5. The first-order chi connectivity index (χ1) is 64.6. The van der Waals surface area contributed by atoms with E-state index in [9.17, 15) is 32.4 Å². The van der Waals surface area contributed by atoms with Crippen LogP contribution in [-0.2, 0) is 132 Å². The maximum absolute atomic E-state index is 13.1. The molecule has 0 radical (unpaired) electrons. The van der Waals surface area contributed by atoms with E-state index in [1.165, 1.54) is 70.7 Å². The van der Waals surface area contributed by atoms with Gasteiger partial charge in [-0.25, -0.2) is 47.5 Å². The van der Waals surface area contributed by atoms with E-state index in [1.807, 2.05) is 146 Å². The number of thiazole rings is 1. The van der Waals surface area contributed by atoms with Crippen molar-refractivity contribution >= 4 is 85.3 Å². The standard InChI is InChI=1S/C20H30BNO4.C20H21N5O3S2.C19H22N2O2.C18H16N4O.C14H18BrNO2.C14H14N2.CH3.W/c1-18(2,3)24-17(23)22-11-10-14-8-9-16(12-15(14)13-22)21-25-19(4,5)20(6,7)26-21;1-13-18(30(21,27)28)29-19(23-13)24(2)20(26)25-10-8-14-6-7-15(11-16(14)12-25)17-5-3-4-9-22-17;1-19(2,3)23-18(22)21-11-9-14-7-8-15(12-16(14)13-21)17-6-4-5-10-20-17;23-18(22-10-8-19-13-22)21-9-6-14-4-5-15(11-16(14)12-21)17-3-1-2-7-20-17;1-14(2,3)18-13(17)16-7-6-10-4-5-12(15)8-11(10)9-16;1-2-7-16-14(3-1)12-5-4-11-6-8-15-10-13(11)9-12;;/h8-9,12H,10-11,13H2,1-7H3;3-7,9,11H,8,10,12H2,1-2H3,(H2,21,27,28);4-8,10,12H,9,11,13H2,1-3H3;1-5,7-8,10-11,13H,6,9,12H2;4-5,8H,6-7,9H2,1-3H3;1-5,7,9,15H,6,8,10H2;1H3;/q;;;;;;-1;. The molecule has 0 bridgehead atoms. The molecule has 0 aliphatic carbocycles. The van der Waals surface area contributed by atoms with Crippen LogP contribution in [0.3, 0.4) is 0 Å². The van der Waals surface area contributed by atoms with Gasteiger partial charge in [0.05, 0.1) is 39.7 Å². The minimum absolute atomic E-state index is 0. The summed E-state index contributed by atoms with van der Waals surface area (Å²) in [5, 5.41) is 8.93. The van der Waals surface area contributed by atoms with Crippen molar-refractivity contribution in [3.63, 3.8) is 0 Å². The number of aromatic nitrogens is 7. The van der Waals surface area contributed by atoms with Crippen molar-refractivity contribution in [1.82, 2.24) is 64.3 Å². The summed E-state index contributed by atoms with van der Waals surface area (Å²) in [7, 11) is -2.67. The zero-order valence-electron chi connectivity index (χ0n) is 81.6. The predicted molar refractivity (Wildman–Crippen MR) is 541 cm³/mol. The van der Waals surface area contributed by atoms with Crippen molar-refractivity contribution in [3.8, 4) is 45.0 Å². The number of nitrogens with one attached hydrogen (secondary N) is 1. The van der Waals surface area contributed by atoms with E-state index in [-0.39, 0.29) is 81.4 Å². The molecule has 0 saturated carbocycles. The number of imidazole rings is 1. The third kappa shape index (κ3) is 27.7. The molecule has 32 heteroatoms. The molecule has 0 unspecified atom stereocenters. The van der Waals surface area contributed by atoms with Crippen molar-refractivity contribution in [3.05, 3.63) is 310 Å².